The van der Waals surface area contributed by atoms with Crippen LogP contribution in [-0.2, 0) is 6.54 Å². The number of hydrogen-bond acceptors (Lipinski definition) is 3. The van der Waals surface area contributed by atoms with Gasteiger partial charge >= 0.3 is 0 Å². The van der Waals surface area contributed by atoms with Crippen LogP contribution in [0.2, 0.25) is 0 Å². The van der Waals surface area contributed by atoms with Crippen molar-refractivity contribution in [1.29, 1.82) is 0 Å². The van der Waals surface area contributed by atoms with Gasteiger partial charge < -0.3 is 9.32 Å². The molecule has 4 nitrogen and oxygen atoms in total. The molecular weight excluding hydrogens is 264 g/mol. The molecule has 2 aromatic heterocycles. The molecule has 0 aromatic carbocycles. The van der Waals surface area contributed by atoms with E-state index in [0.29, 0.717) is 18.3 Å². The van der Waals surface area contributed by atoms with E-state index >= 15 is 0 Å². The van der Waals surface area contributed by atoms with Crippen molar-refractivity contribution in [3.63, 3.8) is 0 Å². The molecule has 2 aromatic rings. The lowest BCUT2D eigenvalue weighted by molar-refractivity contribution is 0.0608. The van der Waals surface area contributed by atoms with Crippen LogP contribution in [0, 0.1) is 0 Å². The largest absolute Gasteiger partial charge is 0.472 e. The summed E-state index contributed by atoms with van der Waals surface area (Å²) in [7, 11) is 0. The number of nitrogens with zero attached hydrogens (tertiary/aromatic N) is 2. The highest BCUT2D eigenvalue weighted by atomic mass is 16.3. The van der Waals surface area contributed by atoms with E-state index in [1.54, 1.807) is 24.8 Å². The fraction of sp³-hybridized carbons (Fsp3) is 0.412. The highest BCUT2D eigenvalue weighted by Crippen LogP contribution is 2.25. The van der Waals surface area contributed by atoms with Crippen LogP contribution in [0.5, 0.6) is 0 Å². The number of aromatic nitrogens is 1. The first-order valence-corrected chi connectivity index (χ1v) is 7.57. The highest BCUT2D eigenvalue weighted by molar-refractivity contribution is 5.92. The van der Waals surface area contributed by atoms with Gasteiger partial charge in [-0.05, 0) is 31.0 Å². The number of pyridine rings is 1. The van der Waals surface area contributed by atoms with E-state index in [4.69, 9.17) is 4.42 Å². The van der Waals surface area contributed by atoms with Crippen molar-refractivity contribution in [3.05, 3.63) is 54.2 Å². The fourth-order valence-corrected chi connectivity index (χ4v) is 2.98. The Morgan fingerprint density at radius 2 is 2.10 bits per heavy atom. The minimum atomic E-state index is 0.0173. The van der Waals surface area contributed by atoms with Crippen molar-refractivity contribution < 1.29 is 9.21 Å². The molecule has 0 saturated heterocycles. The standard InChI is InChI=1S/C17H20N2O2/c20-17(16-8-4-5-10-18-16)19(12-14-9-11-21-13-14)15-6-2-1-3-7-15/h4-5,8-11,13,15H,1-3,6-7,12H2. The van der Waals surface area contributed by atoms with Crippen molar-refractivity contribution in [2.24, 2.45) is 0 Å². The van der Waals surface area contributed by atoms with Crippen LogP contribution in [0.15, 0.2) is 47.4 Å². The SMILES string of the molecule is O=C(c1ccccn1)N(Cc1ccoc1)C1CCCCC1. The monoisotopic (exact) mass is 284 g/mol. The summed E-state index contributed by atoms with van der Waals surface area (Å²) in [6.45, 7) is 0.594. The number of rotatable bonds is 4. The molecule has 0 radical (unpaired) electrons. The van der Waals surface area contributed by atoms with Gasteiger partial charge in [0.1, 0.15) is 5.69 Å². The van der Waals surface area contributed by atoms with Gasteiger partial charge in [0, 0.05) is 24.3 Å². The van der Waals surface area contributed by atoms with E-state index in [-0.39, 0.29) is 5.91 Å². The second-order valence-electron chi connectivity index (χ2n) is 5.57. The molecule has 0 unspecified atom stereocenters. The van der Waals surface area contributed by atoms with Gasteiger partial charge in [-0.25, -0.2) is 0 Å². The molecular formula is C17H20N2O2. The van der Waals surface area contributed by atoms with Crippen LogP contribution < -0.4 is 0 Å². The van der Waals surface area contributed by atoms with Gasteiger partial charge in [0.15, 0.2) is 0 Å². The number of carbonyl (C=O) groups is 1. The van der Waals surface area contributed by atoms with E-state index in [0.717, 1.165) is 18.4 Å². The van der Waals surface area contributed by atoms with Gasteiger partial charge in [-0.2, -0.15) is 0 Å². The fourth-order valence-electron chi connectivity index (χ4n) is 2.98. The maximum absolute atomic E-state index is 12.8. The molecule has 1 saturated carbocycles. The lowest BCUT2D eigenvalue weighted by Gasteiger charge is -2.34. The molecule has 0 spiro atoms. The Morgan fingerprint density at radius 3 is 2.76 bits per heavy atom. The van der Waals surface area contributed by atoms with Gasteiger partial charge in [0.2, 0.25) is 0 Å². The molecule has 1 aliphatic carbocycles. The summed E-state index contributed by atoms with van der Waals surface area (Å²) in [6, 6.07) is 7.70. The third-order valence-corrected chi connectivity index (χ3v) is 4.09. The number of furan rings is 1. The second kappa shape index (κ2) is 6.57. The van der Waals surface area contributed by atoms with Crippen LogP contribution in [0.4, 0.5) is 0 Å². The van der Waals surface area contributed by atoms with Crippen molar-refractivity contribution in [1.82, 2.24) is 9.88 Å². The maximum Gasteiger partial charge on any atom is 0.272 e. The molecule has 0 atom stereocenters. The van der Waals surface area contributed by atoms with Crippen LogP contribution in [0.1, 0.15) is 48.2 Å². The smallest absolute Gasteiger partial charge is 0.272 e. The average molecular weight is 284 g/mol. The summed E-state index contributed by atoms with van der Waals surface area (Å²) in [4.78, 5) is 19.0. The lowest BCUT2D eigenvalue weighted by atomic mass is 9.93. The average Bonchev–Trinajstić information content (AvgIpc) is 3.07. The Morgan fingerprint density at radius 1 is 1.24 bits per heavy atom. The van der Waals surface area contributed by atoms with Crippen LogP contribution in [0.25, 0.3) is 0 Å². The normalized spacial score (nSPS) is 15.8. The van der Waals surface area contributed by atoms with Crippen LogP contribution in [-0.4, -0.2) is 21.8 Å². The molecule has 21 heavy (non-hydrogen) atoms. The first kappa shape index (κ1) is 13.9. The molecule has 0 aliphatic heterocycles. The summed E-state index contributed by atoms with van der Waals surface area (Å²) in [5.41, 5.74) is 1.55. The topological polar surface area (TPSA) is 46.3 Å². The van der Waals surface area contributed by atoms with E-state index in [9.17, 15) is 4.79 Å². The highest BCUT2D eigenvalue weighted by Gasteiger charge is 2.27. The van der Waals surface area contributed by atoms with Crippen molar-refractivity contribution in [2.45, 2.75) is 44.7 Å². The Labute approximate surface area is 124 Å². The van der Waals surface area contributed by atoms with Crippen molar-refractivity contribution in [2.75, 3.05) is 0 Å². The second-order valence-corrected chi connectivity index (χ2v) is 5.57. The third-order valence-electron chi connectivity index (χ3n) is 4.09. The minimum absolute atomic E-state index is 0.0173. The minimum Gasteiger partial charge on any atom is -0.472 e. The summed E-state index contributed by atoms with van der Waals surface area (Å²) >= 11 is 0. The Hall–Kier alpha value is -2.10. The summed E-state index contributed by atoms with van der Waals surface area (Å²) in [5.74, 6) is 0.0173. The van der Waals surface area contributed by atoms with Gasteiger partial charge in [-0.15, -0.1) is 0 Å². The zero-order valence-corrected chi connectivity index (χ0v) is 12.1. The van der Waals surface area contributed by atoms with E-state index in [1.807, 2.05) is 23.1 Å². The van der Waals surface area contributed by atoms with Crippen molar-refractivity contribution >= 4 is 5.91 Å². The number of hydrogen-bond donors (Lipinski definition) is 0. The summed E-state index contributed by atoms with van der Waals surface area (Å²) < 4.78 is 5.13. The predicted octanol–water partition coefficient (Wildman–Crippen LogP) is 3.65. The lowest BCUT2D eigenvalue weighted by Crippen LogP contribution is -2.41. The van der Waals surface area contributed by atoms with Gasteiger partial charge in [-0.3, -0.25) is 9.78 Å². The molecule has 1 amide bonds. The predicted molar refractivity (Wildman–Crippen MR) is 79.7 cm³/mol. The van der Waals surface area contributed by atoms with E-state index in [1.165, 1.54) is 19.3 Å². The molecule has 4 heteroatoms. The Kier molecular flexibility index (Phi) is 4.34. The number of carbonyl (C=O) groups excluding carboxylic acids is 1. The first-order chi connectivity index (χ1) is 10.3. The molecule has 3 rings (SSSR count). The molecule has 2 heterocycles. The molecule has 0 bridgehead atoms. The molecule has 110 valence electrons. The van der Waals surface area contributed by atoms with Crippen LogP contribution in [0.3, 0.4) is 0 Å². The third kappa shape index (κ3) is 3.32. The van der Waals surface area contributed by atoms with E-state index < -0.39 is 0 Å². The van der Waals surface area contributed by atoms with Crippen LogP contribution >= 0.6 is 0 Å². The zero-order valence-electron chi connectivity index (χ0n) is 12.1. The summed E-state index contributed by atoms with van der Waals surface area (Å²) in [6.07, 6.45) is 10.9. The zero-order chi connectivity index (χ0) is 14.5. The van der Waals surface area contributed by atoms with Gasteiger partial charge in [-0.1, -0.05) is 25.3 Å². The number of amides is 1. The van der Waals surface area contributed by atoms with Crippen molar-refractivity contribution in [3.8, 4) is 0 Å². The quantitative estimate of drug-likeness (QED) is 0.861. The Bertz CT molecular complexity index is 560. The first-order valence-electron chi connectivity index (χ1n) is 7.57. The summed E-state index contributed by atoms with van der Waals surface area (Å²) in [5, 5.41) is 0. The molecule has 1 fully saturated rings. The molecule has 1 aliphatic rings. The van der Waals surface area contributed by atoms with E-state index in [2.05, 4.69) is 4.98 Å². The van der Waals surface area contributed by atoms with Gasteiger partial charge in [0.25, 0.3) is 5.91 Å². The Balaban J connectivity index is 1.82. The maximum atomic E-state index is 12.8. The molecule has 0 N–H and O–H groups in total. The van der Waals surface area contributed by atoms with Gasteiger partial charge in [0.05, 0.1) is 12.5 Å².